The van der Waals surface area contributed by atoms with Gasteiger partial charge in [-0.2, -0.15) is 0 Å². The lowest BCUT2D eigenvalue weighted by Crippen LogP contribution is -2.58. The molecule has 1 saturated carbocycles. The molecule has 5 nitrogen and oxygen atoms in total. The van der Waals surface area contributed by atoms with Crippen LogP contribution < -0.4 is 10.6 Å². The Balaban J connectivity index is 1.30. The summed E-state index contributed by atoms with van der Waals surface area (Å²) in [6, 6.07) is 10.8. The first-order valence-electron chi connectivity index (χ1n) is 10.8. The fraction of sp³-hybridized carbons (Fsp3) is 0.682. The largest absolute Gasteiger partial charge is 0.381 e. The first kappa shape index (κ1) is 20.0. The number of hydrogen-bond acceptors (Lipinski definition) is 4. The summed E-state index contributed by atoms with van der Waals surface area (Å²) < 4.78 is 6.00. The van der Waals surface area contributed by atoms with Crippen molar-refractivity contribution in [3.05, 3.63) is 30.3 Å². The van der Waals surface area contributed by atoms with Crippen molar-refractivity contribution in [2.24, 2.45) is 4.99 Å². The Kier molecular flexibility index (Phi) is 6.48. The number of nitrogens with one attached hydrogen (secondary N) is 2. The molecule has 0 radical (unpaired) electrons. The highest BCUT2D eigenvalue weighted by molar-refractivity contribution is 8.01. The molecule has 1 aliphatic carbocycles. The minimum atomic E-state index is 0.225. The highest BCUT2D eigenvalue weighted by Gasteiger charge is 2.44. The third-order valence-corrected chi connectivity index (χ3v) is 7.97. The van der Waals surface area contributed by atoms with Crippen LogP contribution >= 0.6 is 11.8 Å². The van der Waals surface area contributed by atoms with Crippen molar-refractivity contribution in [2.45, 2.75) is 53.7 Å². The summed E-state index contributed by atoms with van der Waals surface area (Å²) in [5.74, 6) is 0.935. The van der Waals surface area contributed by atoms with E-state index in [2.05, 4.69) is 50.9 Å². The van der Waals surface area contributed by atoms with Gasteiger partial charge in [0.05, 0.1) is 0 Å². The molecule has 0 spiro atoms. The molecule has 1 aromatic rings. The summed E-state index contributed by atoms with van der Waals surface area (Å²) >= 11 is 2.01. The molecule has 2 aliphatic heterocycles. The topological polar surface area (TPSA) is 48.9 Å². The van der Waals surface area contributed by atoms with Gasteiger partial charge in [-0.25, -0.2) is 0 Å². The van der Waals surface area contributed by atoms with Gasteiger partial charge in [-0.1, -0.05) is 18.2 Å². The van der Waals surface area contributed by atoms with Crippen molar-refractivity contribution in [2.75, 3.05) is 46.4 Å². The molecule has 0 amide bonds. The highest BCUT2D eigenvalue weighted by Crippen LogP contribution is 2.51. The van der Waals surface area contributed by atoms with Crippen molar-refractivity contribution in [3.63, 3.8) is 0 Å². The molecule has 0 aromatic heterocycles. The van der Waals surface area contributed by atoms with Crippen LogP contribution in [0.15, 0.2) is 40.2 Å². The molecule has 0 bridgehead atoms. The number of hydrogen-bond donors (Lipinski definition) is 2. The van der Waals surface area contributed by atoms with Crippen molar-refractivity contribution in [3.8, 4) is 0 Å². The smallest absolute Gasteiger partial charge is 0.191 e. The van der Waals surface area contributed by atoms with Crippen molar-refractivity contribution in [1.82, 2.24) is 15.5 Å². The van der Waals surface area contributed by atoms with Crippen LogP contribution in [-0.4, -0.2) is 67.6 Å². The van der Waals surface area contributed by atoms with Crippen LogP contribution in [-0.2, 0) is 4.74 Å². The summed E-state index contributed by atoms with van der Waals surface area (Å²) in [4.78, 5) is 8.56. The molecule has 6 heteroatoms. The van der Waals surface area contributed by atoms with Crippen LogP contribution in [0.2, 0.25) is 0 Å². The minimum Gasteiger partial charge on any atom is -0.381 e. The van der Waals surface area contributed by atoms with Gasteiger partial charge in [-0.3, -0.25) is 9.89 Å². The summed E-state index contributed by atoms with van der Waals surface area (Å²) in [6.07, 6.45) is 7.43. The van der Waals surface area contributed by atoms with E-state index < -0.39 is 0 Å². The maximum absolute atomic E-state index is 5.67. The van der Waals surface area contributed by atoms with Gasteiger partial charge in [-0.15, -0.1) is 11.8 Å². The van der Waals surface area contributed by atoms with E-state index in [0.717, 1.165) is 45.1 Å². The molecule has 1 aromatic carbocycles. The molecule has 154 valence electrons. The molecule has 2 heterocycles. The van der Waals surface area contributed by atoms with E-state index in [9.17, 15) is 0 Å². The van der Waals surface area contributed by atoms with Crippen molar-refractivity contribution in [1.29, 1.82) is 0 Å². The number of likely N-dealkylation sites (tertiary alicyclic amines) is 1. The molecular weight excluding hydrogens is 368 g/mol. The SMILES string of the molecule is CN=C(NCC1(Sc2ccccc2)CC1)NCC1(N2CCCC2)CCOCC1. The van der Waals surface area contributed by atoms with Gasteiger partial charge in [-0.05, 0) is 63.7 Å². The number of thioether (sulfide) groups is 1. The van der Waals surface area contributed by atoms with E-state index in [1.54, 1.807) is 0 Å². The lowest BCUT2D eigenvalue weighted by atomic mass is 9.88. The standard InChI is InChI=1S/C22H34N4OS/c1-23-20(25-18-22(9-10-22)28-19-7-3-2-4-8-19)24-17-21(11-15-27-16-12-21)26-13-5-6-14-26/h2-4,7-8H,5-6,9-18H2,1H3,(H2,23,24,25). The summed E-state index contributed by atoms with van der Waals surface area (Å²) in [5, 5.41) is 7.26. The van der Waals surface area contributed by atoms with Crippen LogP contribution in [0.4, 0.5) is 0 Å². The maximum Gasteiger partial charge on any atom is 0.191 e. The van der Waals surface area contributed by atoms with E-state index in [1.165, 1.54) is 43.7 Å². The quantitative estimate of drug-likeness (QED) is 0.542. The Morgan fingerprint density at radius 2 is 1.71 bits per heavy atom. The number of nitrogens with zero attached hydrogens (tertiary/aromatic N) is 2. The van der Waals surface area contributed by atoms with Gasteiger partial charge < -0.3 is 15.4 Å². The third kappa shape index (κ3) is 4.84. The zero-order chi connectivity index (χ0) is 19.3. The van der Waals surface area contributed by atoms with E-state index in [1.807, 2.05) is 18.8 Å². The molecule has 2 saturated heterocycles. The number of ether oxygens (including phenoxy) is 1. The van der Waals surface area contributed by atoms with Crippen LogP contribution in [0.3, 0.4) is 0 Å². The highest BCUT2D eigenvalue weighted by atomic mass is 32.2. The lowest BCUT2D eigenvalue weighted by molar-refractivity contribution is -0.0164. The molecule has 2 N–H and O–H groups in total. The number of aliphatic imine (C=N–C) groups is 1. The van der Waals surface area contributed by atoms with Crippen molar-refractivity contribution >= 4 is 17.7 Å². The van der Waals surface area contributed by atoms with E-state index in [-0.39, 0.29) is 5.54 Å². The average molecular weight is 403 g/mol. The van der Waals surface area contributed by atoms with E-state index >= 15 is 0 Å². The first-order valence-corrected chi connectivity index (χ1v) is 11.6. The van der Waals surface area contributed by atoms with Crippen LogP contribution in [0.5, 0.6) is 0 Å². The Bertz CT molecular complexity index is 650. The molecular formula is C22H34N4OS. The monoisotopic (exact) mass is 402 g/mol. The van der Waals surface area contributed by atoms with Gasteiger partial charge in [0, 0.05) is 48.5 Å². The number of rotatable bonds is 7. The maximum atomic E-state index is 5.67. The second-order valence-corrected chi connectivity index (χ2v) is 9.95. The number of benzene rings is 1. The van der Waals surface area contributed by atoms with Gasteiger partial charge >= 0.3 is 0 Å². The Hall–Kier alpha value is -1.24. The normalized spacial score (nSPS) is 24.1. The van der Waals surface area contributed by atoms with Gasteiger partial charge in [0.25, 0.3) is 0 Å². The fourth-order valence-corrected chi connectivity index (χ4v) is 5.70. The predicted octanol–water partition coefficient (Wildman–Crippen LogP) is 3.12. The van der Waals surface area contributed by atoms with Gasteiger partial charge in [0.1, 0.15) is 0 Å². The average Bonchev–Trinajstić information content (AvgIpc) is 3.27. The van der Waals surface area contributed by atoms with Crippen LogP contribution in [0.1, 0.15) is 38.5 Å². The van der Waals surface area contributed by atoms with Crippen LogP contribution in [0.25, 0.3) is 0 Å². The summed E-state index contributed by atoms with van der Waals surface area (Å²) in [7, 11) is 1.88. The first-order chi connectivity index (χ1) is 13.7. The molecule has 3 aliphatic rings. The minimum absolute atomic E-state index is 0.225. The lowest BCUT2D eigenvalue weighted by Gasteiger charge is -2.45. The molecule has 0 unspecified atom stereocenters. The third-order valence-electron chi connectivity index (χ3n) is 6.47. The van der Waals surface area contributed by atoms with E-state index in [0.29, 0.717) is 4.75 Å². The molecule has 3 fully saturated rings. The number of guanidine groups is 1. The summed E-state index contributed by atoms with van der Waals surface area (Å²) in [5.41, 5.74) is 0.225. The molecule has 28 heavy (non-hydrogen) atoms. The Morgan fingerprint density at radius 3 is 2.36 bits per heavy atom. The summed E-state index contributed by atoms with van der Waals surface area (Å²) in [6.45, 7) is 6.12. The fourth-order valence-electron chi connectivity index (χ4n) is 4.45. The zero-order valence-corrected chi connectivity index (χ0v) is 17.9. The van der Waals surface area contributed by atoms with Crippen molar-refractivity contribution < 1.29 is 4.74 Å². The van der Waals surface area contributed by atoms with Gasteiger partial charge in [0.15, 0.2) is 5.96 Å². The second kappa shape index (κ2) is 9.06. The zero-order valence-electron chi connectivity index (χ0n) is 17.1. The van der Waals surface area contributed by atoms with Crippen LogP contribution in [0, 0.1) is 0 Å². The Morgan fingerprint density at radius 1 is 1.04 bits per heavy atom. The predicted molar refractivity (Wildman–Crippen MR) is 117 cm³/mol. The van der Waals surface area contributed by atoms with E-state index in [4.69, 9.17) is 4.74 Å². The second-order valence-electron chi connectivity index (χ2n) is 8.41. The van der Waals surface area contributed by atoms with Gasteiger partial charge in [0.2, 0.25) is 0 Å². The Labute approximate surface area is 173 Å². The molecule has 4 rings (SSSR count). The molecule has 0 atom stereocenters.